The fourth-order valence-corrected chi connectivity index (χ4v) is 2.58. The van der Waals surface area contributed by atoms with Crippen LogP contribution >= 0.6 is 0 Å². The van der Waals surface area contributed by atoms with E-state index in [0.717, 1.165) is 23.3 Å². The van der Waals surface area contributed by atoms with Gasteiger partial charge in [-0.25, -0.2) is 9.97 Å². The molecule has 2 heterocycles. The molecule has 0 amide bonds. The number of hydrogen-bond acceptors (Lipinski definition) is 3. The second kappa shape index (κ2) is 5.03. The molecule has 0 radical (unpaired) electrons. The van der Waals surface area contributed by atoms with Crippen molar-refractivity contribution in [1.29, 1.82) is 0 Å². The molecule has 4 heteroatoms. The van der Waals surface area contributed by atoms with Crippen molar-refractivity contribution in [3.8, 4) is 5.82 Å². The summed E-state index contributed by atoms with van der Waals surface area (Å²) in [5, 5.41) is 3.55. The molecule has 1 aliphatic rings. The number of nitrogens with zero attached hydrogens (tertiary/aromatic N) is 3. The highest BCUT2D eigenvalue weighted by Crippen LogP contribution is 2.35. The van der Waals surface area contributed by atoms with Gasteiger partial charge in [0.2, 0.25) is 0 Å². The maximum Gasteiger partial charge on any atom is 0.137 e. The topological polar surface area (TPSA) is 42.7 Å². The molecule has 2 aromatic heterocycles. The minimum atomic E-state index is 0.619. The third-order valence-electron chi connectivity index (χ3n) is 4.00. The lowest BCUT2D eigenvalue weighted by Crippen LogP contribution is -2.37. The van der Waals surface area contributed by atoms with Gasteiger partial charge in [0, 0.05) is 18.4 Å². The number of nitrogens with one attached hydrogen (secondary N) is 1. The Labute approximate surface area is 113 Å². The fourth-order valence-electron chi connectivity index (χ4n) is 2.58. The number of rotatable bonds is 4. The van der Waals surface area contributed by atoms with Crippen molar-refractivity contribution < 1.29 is 0 Å². The molecule has 19 heavy (non-hydrogen) atoms. The van der Waals surface area contributed by atoms with Gasteiger partial charge in [-0.3, -0.25) is 4.57 Å². The number of anilines is 1. The molecule has 0 atom stereocenters. The number of pyridine rings is 1. The van der Waals surface area contributed by atoms with E-state index in [9.17, 15) is 0 Å². The minimum Gasteiger partial charge on any atom is -0.381 e. The molecule has 0 unspecified atom stereocenters. The molecule has 4 nitrogen and oxygen atoms in total. The van der Waals surface area contributed by atoms with Gasteiger partial charge in [0.1, 0.15) is 12.1 Å². The van der Waals surface area contributed by atoms with Crippen molar-refractivity contribution in [2.75, 3.05) is 5.32 Å². The highest BCUT2D eigenvalue weighted by Gasteiger charge is 2.30. The molecule has 0 bridgehead atoms. The van der Waals surface area contributed by atoms with E-state index in [1.54, 1.807) is 12.5 Å². The van der Waals surface area contributed by atoms with Gasteiger partial charge in [-0.2, -0.15) is 0 Å². The standard InChI is InChI=1S/C15H20N4/c1-11(2)12-7-14(8-12)18-13-3-4-15(17-9-13)19-6-5-16-10-19/h3-6,9-12,14,18H,7-8H2,1-2H3. The van der Waals surface area contributed by atoms with Crippen molar-refractivity contribution in [2.24, 2.45) is 11.8 Å². The van der Waals surface area contributed by atoms with Gasteiger partial charge in [-0.1, -0.05) is 13.8 Å². The third-order valence-corrected chi connectivity index (χ3v) is 4.00. The lowest BCUT2D eigenvalue weighted by atomic mass is 9.73. The Kier molecular flexibility index (Phi) is 3.23. The first-order valence-electron chi connectivity index (χ1n) is 6.93. The van der Waals surface area contributed by atoms with Crippen LogP contribution in [0.25, 0.3) is 5.82 Å². The Morgan fingerprint density at radius 3 is 2.74 bits per heavy atom. The van der Waals surface area contributed by atoms with E-state index in [2.05, 4.69) is 35.2 Å². The highest BCUT2D eigenvalue weighted by atomic mass is 15.1. The smallest absolute Gasteiger partial charge is 0.137 e. The lowest BCUT2D eigenvalue weighted by Gasteiger charge is -2.39. The van der Waals surface area contributed by atoms with Crippen molar-refractivity contribution in [1.82, 2.24) is 14.5 Å². The van der Waals surface area contributed by atoms with E-state index in [-0.39, 0.29) is 0 Å². The zero-order chi connectivity index (χ0) is 13.2. The van der Waals surface area contributed by atoms with Gasteiger partial charge >= 0.3 is 0 Å². The van der Waals surface area contributed by atoms with Crippen LogP contribution in [0, 0.1) is 11.8 Å². The van der Waals surface area contributed by atoms with Crippen LogP contribution in [0.4, 0.5) is 5.69 Å². The van der Waals surface area contributed by atoms with Crippen LogP contribution in [0.5, 0.6) is 0 Å². The Hall–Kier alpha value is -1.84. The number of hydrogen-bond donors (Lipinski definition) is 1. The summed E-state index contributed by atoms with van der Waals surface area (Å²) in [6.45, 7) is 4.62. The van der Waals surface area contributed by atoms with Crippen LogP contribution in [-0.4, -0.2) is 20.6 Å². The first-order valence-corrected chi connectivity index (χ1v) is 6.93. The van der Waals surface area contributed by atoms with E-state index in [0.29, 0.717) is 6.04 Å². The molecular formula is C15H20N4. The molecular weight excluding hydrogens is 236 g/mol. The zero-order valence-corrected chi connectivity index (χ0v) is 11.5. The summed E-state index contributed by atoms with van der Waals surface area (Å²) < 4.78 is 1.90. The van der Waals surface area contributed by atoms with Crippen LogP contribution in [0.15, 0.2) is 37.1 Å². The summed E-state index contributed by atoms with van der Waals surface area (Å²) in [4.78, 5) is 8.47. The maximum absolute atomic E-state index is 4.45. The van der Waals surface area contributed by atoms with Gasteiger partial charge in [0.15, 0.2) is 0 Å². The normalized spacial score (nSPS) is 22.3. The molecule has 0 aliphatic heterocycles. The predicted molar refractivity (Wildman–Crippen MR) is 76.3 cm³/mol. The molecule has 1 N–H and O–H groups in total. The van der Waals surface area contributed by atoms with Crippen LogP contribution in [0.1, 0.15) is 26.7 Å². The van der Waals surface area contributed by atoms with Crippen LogP contribution in [-0.2, 0) is 0 Å². The van der Waals surface area contributed by atoms with Crippen molar-refractivity contribution in [3.05, 3.63) is 37.1 Å². The fraction of sp³-hybridized carbons (Fsp3) is 0.467. The molecule has 0 spiro atoms. The second-order valence-corrected chi connectivity index (χ2v) is 5.69. The molecule has 1 aliphatic carbocycles. The predicted octanol–water partition coefficient (Wildman–Crippen LogP) is 3.11. The Bertz CT molecular complexity index is 510. The highest BCUT2D eigenvalue weighted by molar-refractivity contribution is 5.44. The second-order valence-electron chi connectivity index (χ2n) is 5.69. The van der Waals surface area contributed by atoms with Crippen molar-refractivity contribution in [3.63, 3.8) is 0 Å². The Morgan fingerprint density at radius 2 is 2.16 bits per heavy atom. The van der Waals surface area contributed by atoms with E-state index < -0.39 is 0 Å². The molecule has 1 saturated carbocycles. The van der Waals surface area contributed by atoms with Gasteiger partial charge in [0.25, 0.3) is 0 Å². The summed E-state index contributed by atoms with van der Waals surface area (Å²) in [6, 6.07) is 4.72. The van der Waals surface area contributed by atoms with Crippen LogP contribution in [0.3, 0.4) is 0 Å². The summed E-state index contributed by atoms with van der Waals surface area (Å²) in [5.41, 5.74) is 1.11. The van der Waals surface area contributed by atoms with E-state index in [1.807, 2.05) is 23.0 Å². The van der Waals surface area contributed by atoms with Gasteiger partial charge < -0.3 is 5.32 Å². The van der Waals surface area contributed by atoms with Crippen LogP contribution in [0.2, 0.25) is 0 Å². The molecule has 100 valence electrons. The molecule has 0 aromatic carbocycles. The third kappa shape index (κ3) is 2.62. The summed E-state index contributed by atoms with van der Waals surface area (Å²) in [5.74, 6) is 2.59. The van der Waals surface area contributed by atoms with Gasteiger partial charge in [-0.05, 0) is 36.8 Å². The summed E-state index contributed by atoms with van der Waals surface area (Å²) >= 11 is 0. The zero-order valence-electron chi connectivity index (χ0n) is 11.5. The number of aromatic nitrogens is 3. The SMILES string of the molecule is CC(C)C1CC(Nc2ccc(-n3ccnc3)nc2)C1. The van der Waals surface area contributed by atoms with Gasteiger partial charge in [-0.15, -0.1) is 0 Å². The average molecular weight is 256 g/mol. The monoisotopic (exact) mass is 256 g/mol. The maximum atomic E-state index is 4.45. The molecule has 3 rings (SSSR count). The largest absolute Gasteiger partial charge is 0.381 e. The lowest BCUT2D eigenvalue weighted by molar-refractivity contribution is 0.212. The van der Waals surface area contributed by atoms with E-state index in [4.69, 9.17) is 0 Å². The first kappa shape index (κ1) is 12.2. The minimum absolute atomic E-state index is 0.619. The molecule has 2 aromatic rings. The molecule has 0 saturated heterocycles. The van der Waals surface area contributed by atoms with Crippen molar-refractivity contribution >= 4 is 5.69 Å². The van der Waals surface area contributed by atoms with Gasteiger partial charge in [0.05, 0.1) is 11.9 Å². The van der Waals surface area contributed by atoms with Crippen molar-refractivity contribution in [2.45, 2.75) is 32.7 Å². The number of imidazole rings is 1. The first-order chi connectivity index (χ1) is 9.22. The Morgan fingerprint density at radius 1 is 1.32 bits per heavy atom. The van der Waals surface area contributed by atoms with E-state index >= 15 is 0 Å². The Balaban J connectivity index is 1.59. The van der Waals surface area contributed by atoms with E-state index in [1.165, 1.54) is 12.8 Å². The summed E-state index contributed by atoms with van der Waals surface area (Å²) in [6.07, 6.45) is 9.87. The summed E-state index contributed by atoms with van der Waals surface area (Å²) in [7, 11) is 0. The van der Waals surface area contributed by atoms with Crippen LogP contribution < -0.4 is 5.32 Å². The molecule has 1 fully saturated rings. The quantitative estimate of drug-likeness (QED) is 0.914. The average Bonchev–Trinajstić information content (AvgIpc) is 2.87.